The van der Waals surface area contributed by atoms with Crippen LogP contribution in [0.2, 0.25) is 0 Å². The highest BCUT2D eigenvalue weighted by Crippen LogP contribution is 2.28. The average Bonchev–Trinajstić information content (AvgIpc) is 2.66. The molecule has 0 fully saturated rings. The van der Waals surface area contributed by atoms with E-state index < -0.39 is 5.82 Å². The van der Waals surface area contributed by atoms with Gasteiger partial charge >= 0.3 is 0 Å². The van der Waals surface area contributed by atoms with Gasteiger partial charge in [-0.3, -0.25) is 4.79 Å². The Morgan fingerprint density at radius 1 is 0.846 bits per heavy atom. The van der Waals surface area contributed by atoms with Crippen molar-refractivity contribution in [2.75, 3.05) is 7.05 Å². The second-order valence-electron chi connectivity index (χ2n) is 6.14. The zero-order chi connectivity index (χ0) is 18.5. The maximum atomic E-state index is 13.9. The van der Waals surface area contributed by atoms with Crippen molar-refractivity contribution in [1.29, 1.82) is 0 Å². The van der Waals surface area contributed by atoms with E-state index >= 15 is 0 Å². The van der Waals surface area contributed by atoms with Gasteiger partial charge in [-0.15, -0.1) is 0 Å². The number of hydrogen-bond donors (Lipinski definition) is 0. The molecule has 0 saturated heterocycles. The van der Waals surface area contributed by atoms with E-state index in [2.05, 4.69) is 0 Å². The molecule has 3 rings (SSSR count). The SMILES string of the molecule is CN(C(=O)Cc1ccccc1F)C(c1ccccc1)c1ccc(F)cc1. The van der Waals surface area contributed by atoms with Crippen LogP contribution >= 0.6 is 0 Å². The van der Waals surface area contributed by atoms with Gasteiger partial charge in [0.2, 0.25) is 5.91 Å². The van der Waals surface area contributed by atoms with Gasteiger partial charge in [-0.2, -0.15) is 0 Å². The van der Waals surface area contributed by atoms with Crippen molar-refractivity contribution in [3.8, 4) is 0 Å². The molecule has 0 saturated carbocycles. The first kappa shape index (κ1) is 17.8. The molecule has 3 aromatic carbocycles. The van der Waals surface area contributed by atoms with E-state index in [1.807, 2.05) is 30.3 Å². The quantitative estimate of drug-likeness (QED) is 0.649. The number of halogens is 2. The summed E-state index contributed by atoms with van der Waals surface area (Å²) in [5.41, 5.74) is 2.06. The van der Waals surface area contributed by atoms with E-state index in [0.717, 1.165) is 11.1 Å². The third-order valence-electron chi connectivity index (χ3n) is 4.38. The van der Waals surface area contributed by atoms with Gasteiger partial charge in [0.05, 0.1) is 12.5 Å². The van der Waals surface area contributed by atoms with E-state index in [0.29, 0.717) is 5.56 Å². The monoisotopic (exact) mass is 351 g/mol. The van der Waals surface area contributed by atoms with Crippen molar-refractivity contribution in [3.63, 3.8) is 0 Å². The van der Waals surface area contributed by atoms with Crippen LogP contribution in [0.1, 0.15) is 22.7 Å². The summed E-state index contributed by atoms with van der Waals surface area (Å²) in [6.45, 7) is 0. The van der Waals surface area contributed by atoms with Gasteiger partial charge in [0.1, 0.15) is 11.6 Å². The van der Waals surface area contributed by atoms with Crippen molar-refractivity contribution in [1.82, 2.24) is 4.90 Å². The number of rotatable bonds is 5. The molecule has 0 aliphatic carbocycles. The number of benzene rings is 3. The van der Waals surface area contributed by atoms with Crippen LogP contribution in [0.15, 0.2) is 78.9 Å². The largest absolute Gasteiger partial charge is 0.334 e. The van der Waals surface area contributed by atoms with Crippen LogP contribution in [-0.2, 0) is 11.2 Å². The van der Waals surface area contributed by atoms with Gasteiger partial charge < -0.3 is 4.90 Å². The van der Waals surface area contributed by atoms with Crippen LogP contribution in [0.4, 0.5) is 8.78 Å². The maximum Gasteiger partial charge on any atom is 0.227 e. The smallest absolute Gasteiger partial charge is 0.227 e. The second kappa shape index (κ2) is 7.91. The van der Waals surface area contributed by atoms with Crippen molar-refractivity contribution in [2.24, 2.45) is 0 Å². The Hall–Kier alpha value is -3.01. The summed E-state index contributed by atoms with van der Waals surface area (Å²) in [6.07, 6.45) is -0.0340. The Balaban J connectivity index is 1.92. The van der Waals surface area contributed by atoms with E-state index in [1.54, 1.807) is 42.3 Å². The predicted octanol–water partition coefficient (Wildman–Crippen LogP) is 4.76. The molecule has 132 valence electrons. The molecule has 0 spiro atoms. The van der Waals surface area contributed by atoms with Gasteiger partial charge in [0.25, 0.3) is 0 Å². The topological polar surface area (TPSA) is 20.3 Å². The van der Waals surface area contributed by atoms with Gasteiger partial charge in [-0.25, -0.2) is 8.78 Å². The Kier molecular flexibility index (Phi) is 5.42. The van der Waals surface area contributed by atoms with E-state index in [9.17, 15) is 13.6 Å². The molecule has 1 unspecified atom stereocenters. The van der Waals surface area contributed by atoms with E-state index in [-0.39, 0.29) is 24.2 Å². The van der Waals surface area contributed by atoms with Crippen LogP contribution in [0.25, 0.3) is 0 Å². The van der Waals surface area contributed by atoms with Crippen molar-refractivity contribution >= 4 is 5.91 Å². The fourth-order valence-electron chi connectivity index (χ4n) is 2.99. The fraction of sp³-hybridized carbons (Fsp3) is 0.136. The molecular weight excluding hydrogens is 332 g/mol. The molecule has 0 aromatic heterocycles. The summed E-state index contributed by atoms with van der Waals surface area (Å²) in [6, 6.07) is 21.5. The van der Waals surface area contributed by atoms with Gasteiger partial charge in [-0.1, -0.05) is 60.7 Å². The lowest BCUT2D eigenvalue weighted by atomic mass is 9.96. The summed E-state index contributed by atoms with van der Waals surface area (Å²) < 4.78 is 27.2. The molecule has 4 heteroatoms. The predicted molar refractivity (Wildman–Crippen MR) is 97.6 cm³/mol. The molecular formula is C22H19F2NO. The number of amides is 1. The van der Waals surface area contributed by atoms with Gasteiger partial charge in [-0.05, 0) is 34.9 Å². The summed E-state index contributed by atoms with van der Waals surface area (Å²) in [5.74, 6) is -0.943. The molecule has 2 nitrogen and oxygen atoms in total. The van der Waals surface area contributed by atoms with Crippen LogP contribution < -0.4 is 0 Å². The summed E-state index contributed by atoms with van der Waals surface area (Å²) in [4.78, 5) is 14.4. The Morgan fingerprint density at radius 3 is 2.08 bits per heavy atom. The first-order valence-electron chi connectivity index (χ1n) is 8.35. The Morgan fingerprint density at radius 2 is 1.42 bits per heavy atom. The maximum absolute atomic E-state index is 13.9. The lowest BCUT2D eigenvalue weighted by Gasteiger charge is -2.29. The molecule has 0 radical (unpaired) electrons. The van der Waals surface area contributed by atoms with Crippen molar-refractivity contribution in [3.05, 3.63) is 107 Å². The van der Waals surface area contributed by atoms with Crippen LogP contribution in [0.3, 0.4) is 0 Å². The van der Waals surface area contributed by atoms with Crippen LogP contribution in [0.5, 0.6) is 0 Å². The van der Waals surface area contributed by atoms with Crippen molar-refractivity contribution in [2.45, 2.75) is 12.5 Å². The number of likely N-dealkylation sites (N-methyl/N-ethyl adjacent to an activating group) is 1. The number of nitrogens with zero attached hydrogens (tertiary/aromatic N) is 1. The highest BCUT2D eigenvalue weighted by atomic mass is 19.1. The minimum Gasteiger partial charge on any atom is -0.334 e. The standard InChI is InChI=1S/C22H19F2NO/c1-25(21(26)15-18-9-5-6-10-20(18)24)22(16-7-3-2-4-8-16)17-11-13-19(23)14-12-17/h2-14,22H,15H2,1H3. The summed E-state index contributed by atoms with van der Waals surface area (Å²) in [5, 5.41) is 0. The van der Waals surface area contributed by atoms with Crippen molar-refractivity contribution < 1.29 is 13.6 Å². The molecule has 0 aliphatic heterocycles. The highest BCUT2D eigenvalue weighted by Gasteiger charge is 2.24. The molecule has 0 bridgehead atoms. The third-order valence-corrected chi connectivity index (χ3v) is 4.38. The molecule has 0 N–H and O–H groups in total. The molecule has 0 aliphatic rings. The zero-order valence-electron chi connectivity index (χ0n) is 14.4. The lowest BCUT2D eigenvalue weighted by molar-refractivity contribution is -0.130. The minimum atomic E-state index is -0.396. The first-order valence-corrected chi connectivity index (χ1v) is 8.35. The molecule has 1 atom stereocenters. The minimum absolute atomic E-state index is 0.0340. The average molecular weight is 351 g/mol. The normalized spacial score (nSPS) is 11.8. The Bertz CT molecular complexity index is 878. The van der Waals surface area contributed by atoms with Crippen LogP contribution in [0, 0.1) is 11.6 Å². The highest BCUT2D eigenvalue weighted by molar-refractivity contribution is 5.79. The van der Waals surface area contributed by atoms with Gasteiger partial charge in [0.15, 0.2) is 0 Å². The number of carbonyl (C=O) groups excluding carboxylic acids is 1. The van der Waals surface area contributed by atoms with Crippen LogP contribution in [-0.4, -0.2) is 17.9 Å². The molecule has 26 heavy (non-hydrogen) atoms. The fourth-order valence-corrected chi connectivity index (χ4v) is 2.99. The number of hydrogen-bond acceptors (Lipinski definition) is 1. The van der Waals surface area contributed by atoms with E-state index in [4.69, 9.17) is 0 Å². The summed E-state index contributed by atoms with van der Waals surface area (Å²) >= 11 is 0. The second-order valence-corrected chi connectivity index (χ2v) is 6.14. The molecule has 1 amide bonds. The molecule has 3 aromatic rings. The first-order chi connectivity index (χ1) is 12.6. The zero-order valence-corrected chi connectivity index (χ0v) is 14.4. The number of carbonyl (C=O) groups is 1. The van der Waals surface area contributed by atoms with Gasteiger partial charge in [0, 0.05) is 7.05 Å². The Labute approximate surface area is 151 Å². The van der Waals surface area contributed by atoms with E-state index in [1.165, 1.54) is 18.2 Å². The summed E-state index contributed by atoms with van der Waals surface area (Å²) in [7, 11) is 1.68. The lowest BCUT2D eigenvalue weighted by Crippen LogP contribution is -2.33. The molecule has 0 heterocycles. The third kappa shape index (κ3) is 3.97.